The number of nitrogens with one attached hydrogen (secondary N) is 1. The van der Waals surface area contributed by atoms with E-state index in [9.17, 15) is 0 Å². The van der Waals surface area contributed by atoms with Crippen molar-refractivity contribution in [1.29, 1.82) is 0 Å². The third-order valence-corrected chi connectivity index (χ3v) is 3.06. The van der Waals surface area contributed by atoms with Crippen LogP contribution in [0.25, 0.3) is 0 Å². The Morgan fingerprint density at radius 1 is 1.67 bits per heavy atom. The Morgan fingerprint density at radius 3 is 3.13 bits per heavy atom. The monoisotopic (exact) mass is 209 g/mol. The summed E-state index contributed by atoms with van der Waals surface area (Å²) >= 11 is 0. The van der Waals surface area contributed by atoms with E-state index >= 15 is 0 Å². The summed E-state index contributed by atoms with van der Waals surface area (Å²) in [6, 6.07) is 2.04. The zero-order chi connectivity index (χ0) is 10.7. The van der Waals surface area contributed by atoms with Crippen molar-refractivity contribution >= 4 is 0 Å². The summed E-state index contributed by atoms with van der Waals surface area (Å²) in [4.78, 5) is 0. The molecule has 1 atom stereocenters. The van der Waals surface area contributed by atoms with Crippen LogP contribution in [0.5, 0.6) is 0 Å². The molecule has 0 spiro atoms. The number of nitrogens with zero attached hydrogens (tertiary/aromatic N) is 2. The fourth-order valence-electron chi connectivity index (χ4n) is 1.95. The van der Waals surface area contributed by atoms with Gasteiger partial charge in [-0.3, -0.25) is 4.68 Å². The Kier molecular flexibility index (Phi) is 3.07. The molecule has 0 radical (unpaired) electrons. The van der Waals surface area contributed by atoms with Gasteiger partial charge >= 0.3 is 0 Å². The number of aryl methyl sites for hydroxylation is 1. The van der Waals surface area contributed by atoms with E-state index in [-0.39, 0.29) is 5.54 Å². The molecular formula is C11H19N3O. The van der Waals surface area contributed by atoms with Gasteiger partial charge in [0.05, 0.1) is 12.3 Å². The minimum Gasteiger partial charge on any atom is -0.380 e. The molecule has 1 N–H and O–H groups in total. The second-order valence-corrected chi connectivity index (χ2v) is 4.52. The summed E-state index contributed by atoms with van der Waals surface area (Å²) in [6.45, 7) is 4.80. The Hall–Kier alpha value is -0.870. The highest BCUT2D eigenvalue weighted by Crippen LogP contribution is 2.18. The lowest BCUT2D eigenvalue weighted by molar-refractivity contribution is 0.0275. The molecule has 15 heavy (non-hydrogen) atoms. The summed E-state index contributed by atoms with van der Waals surface area (Å²) in [5.41, 5.74) is 1.34. The van der Waals surface area contributed by atoms with Crippen LogP contribution in [0.15, 0.2) is 12.3 Å². The quantitative estimate of drug-likeness (QED) is 0.809. The molecule has 0 bridgehead atoms. The molecule has 0 saturated carbocycles. The molecule has 4 heteroatoms. The van der Waals surface area contributed by atoms with Crippen LogP contribution in [0.2, 0.25) is 0 Å². The standard InChI is InChI=1S/C11H19N3O/c1-11(5-3-7-15-9-11)12-8-10-4-6-13-14(10)2/h4,6,12H,3,5,7-9H2,1-2H3. The summed E-state index contributed by atoms with van der Waals surface area (Å²) in [5.74, 6) is 0. The van der Waals surface area contributed by atoms with Gasteiger partial charge in [-0.05, 0) is 25.8 Å². The molecule has 1 aliphatic rings. The summed E-state index contributed by atoms with van der Waals surface area (Å²) < 4.78 is 7.40. The van der Waals surface area contributed by atoms with Crippen LogP contribution in [-0.4, -0.2) is 28.5 Å². The Labute approximate surface area is 90.6 Å². The minimum absolute atomic E-state index is 0.127. The molecule has 1 saturated heterocycles. The number of aromatic nitrogens is 2. The topological polar surface area (TPSA) is 39.1 Å². The van der Waals surface area contributed by atoms with Gasteiger partial charge in [0, 0.05) is 31.9 Å². The van der Waals surface area contributed by atoms with Crippen LogP contribution >= 0.6 is 0 Å². The minimum atomic E-state index is 0.127. The van der Waals surface area contributed by atoms with Crippen molar-refractivity contribution in [3.8, 4) is 0 Å². The first-order chi connectivity index (χ1) is 7.20. The maximum absolute atomic E-state index is 5.50. The molecule has 0 amide bonds. The predicted octanol–water partition coefficient (Wildman–Crippen LogP) is 1.08. The molecule has 1 fully saturated rings. The van der Waals surface area contributed by atoms with E-state index in [0.29, 0.717) is 0 Å². The Morgan fingerprint density at radius 2 is 2.53 bits per heavy atom. The Balaban J connectivity index is 1.89. The molecule has 1 unspecified atom stereocenters. The van der Waals surface area contributed by atoms with Gasteiger partial charge in [0.25, 0.3) is 0 Å². The van der Waals surface area contributed by atoms with E-state index in [0.717, 1.165) is 26.2 Å². The van der Waals surface area contributed by atoms with Crippen LogP contribution < -0.4 is 5.32 Å². The van der Waals surface area contributed by atoms with Crippen LogP contribution in [0.4, 0.5) is 0 Å². The van der Waals surface area contributed by atoms with Gasteiger partial charge in [-0.2, -0.15) is 5.10 Å². The van der Waals surface area contributed by atoms with E-state index in [1.807, 2.05) is 24.0 Å². The van der Waals surface area contributed by atoms with Crippen molar-refractivity contribution < 1.29 is 4.74 Å². The second kappa shape index (κ2) is 4.33. The zero-order valence-electron chi connectivity index (χ0n) is 9.49. The van der Waals surface area contributed by atoms with E-state index < -0.39 is 0 Å². The number of hydrogen-bond acceptors (Lipinski definition) is 3. The van der Waals surface area contributed by atoms with Crippen LogP contribution in [0.3, 0.4) is 0 Å². The molecule has 1 aliphatic heterocycles. The van der Waals surface area contributed by atoms with Crippen molar-refractivity contribution in [2.24, 2.45) is 7.05 Å². The van der Waals surface area contributed by atoms with Gasteiger partial charge in [0.2, 0.25) is 0 Å². The number of hydrogen-bond donors (Lipinski definition) is 1. The van der Waals surface area contributed by atoms with E-state index in [1.165, 1.54) is 12.1 Å². The van der Waals surface area contributed by atoms with Gasteiger partial charge in [-0.1, -0.05) is 0 Å². The molecule has 2 rings (SSSR count). The highest BCUT2D eigenvalue weighted by molar-refractivity contribution is 5.01. The largest absolute Gasteiger partial charge is 0.380 e. The molecule has 1 aromatic rings. The lowest BCUT2D eigenvalue weighted by Crippen LogP contribution is -2.48. The maximum atomic E-state index is 5.50. The SMILES string of the molecule is Cn1nccc1CNC1(C)CCCOC1. The third kappa shape index (κ3) is 2.58. The predicted molar refractivity (Wildman–Crippen MR) is 58.5 cm³/mol. The summed E-state index contributed by atoms with van der Waals surface area (Å²) in [7, 11) is 1.97. The summed E-state index contributed by atoms with van der Waals surface area (Å²) in [6.07, 6.45) is 4.16. The molecule has 2 heterocycles. The fourth-order valence-corrected chi connectivity index (χ4v) is 1.95. The van der Waals surface area contributed by atoms with Crippen molar-refractivity contribution in [3.05, 3.63) is 18.0 Å². The van der Waals surface area contributed by atoms with Crippen molar-refractivity contribution in [1.82, 2.24) is 15.1 Å². The molecule has 4 nitrogen and oxygen atoms in total. The zero-order valence-corrected chi connectivity index (χ0v) is 9.49. The first kappa shape index (κ1) is 10.6. The number of ether oxygens (including phenoxy) is 1. The molecular weight excluding hydrogens is 190 g/mol. The van der Waals surface area contributed by atoms with Gasteiger partial charge in [-0.15, -0.1) is 0 Å². The van der Waals surface area contributed by atoms with E-state index in [4.69, 9.17) is 4.74 Å². The molecule has 0 aliphatic carbocycles. The smallest absolute Gasteiger partial charge is 0.0645 e. The van der Waals surface area contributed by atoms with E-state index in [2.05, 4.69) is 17.3 Å². The van der Waals surface area contributed by atoms with Crippen molar-refractivity contribution in [3.63, 3.8) is 0 Å². The Bertz CT molecular complexity index is 315. The maximum Gasteiger partial charge on any atom is 0.0645 e. The lowest BCUT2D eigenvalue weighted by Gasteiger charge is -2.34. The van der Waals surface area contributed by atoms with Crippen molar-refractivity contribution in [2.75, 3.05) is 13.2 Å². The molecule has 0 aromatic carbocycles. The van der Waals surface area contributed by atoms with Crippen molar-refractivity contribution in [2.45, 2.75) is 31.8 Å². The first-order valence-corrected chi connectivity index (χ1v) is 5.49. The van der Waals surface area contributed by atoms with Gasteiger partial charge in [-0.25, -0.2) is 0 Å². The highest BCUT2D eigenvalue weighted by atomic mass is 16.5. The van der Waals surface area contributed by atoms with Crippen LogP contribution in [0.1, 0.15) is 25.5 Å². The van der Waals surface area contributed by atoms with Gasteiger partial charge < -0.3 is 10.1 Å². The van der Waals surface area contributed by atoms with E-state index in [1.54, 1.807) is 0 Å². The molecule has 1 aromatic heterocycles. The van der Waals surface area contributed by atoms with Gasteiger partial charge in [0.1, 0.15) is 0 Å². The third-order valence-electron chi connectivity index (χ3n) is 3.06. The normalized spacial score (nSPS) is 26.8. The second-order valence-electron chi connectivity index (χ2n) is 4.52. The average Bonchev–Trinajstić information content (AvgIpc) is 2.62. The average molecular weight is 209 g/mol. The fraction of sp³-hybridized carbons (Fsp3) is 0.727. The highest BCUT2D eigenvalue weighted by Gasteiger charge is 2.26. The summed E-state index contributed by atoms with van der Waals surface area (Å²) in [5, 5.41) is 7.70. The van der Waals surface area contributed by atoms with Gasteiger partial charge in [0.15, 0.2) is 0 Å². The first-order valence-electron chi connectivity index (χ1n) is 5.49. The van der Waals surface area contributed by atoms with Crippen LogP contribution in [0, 0.1) is 0 Å². The molecule has 84 valence electrons. The van der Waals surface area contributed by atoms with Crippen LogP contribution in [-0.2, 0) is 18.3 Å². The number of rotatable bonds is 3. The lowest BCUT2D eigenvalue weighted by atomic mass is 9.95.